The molecule has 0 aliphatic rings. The van der Waals surface area contributed by atoms with E-state index in [0.717, 1.165) is 28.8 Å². The molecule has 2 amide bonds. The number of carbonyl (C=O) groups excluding carboxylic acids is 1. The highest BCUT2D eigenvalue weighted by Gasteiger charge is 2.11. The number of amides is 2. The van der Waals surface area contributed by atoms with Crippen LogP contribution in [0.1, 0.15) is 36.9 Å². The van der Waals surface area contributed by atoms with Crippen molar-refractivity contribution < 1.29 is 9.21 Å². The standard InChI is InChI=1S/C18H23N5O2/c1-11(2)17-22-15-9-14(5-6-16(15)25-17)21-18(24)19-8-7-13-10-20-23(4)12(13)3/h5-6,9-11H,7-8H2,1-4H3,(H2,19,21,24). The summed E-state index contributed by atoms with van der Waals surface area (Å²) in [6.45, 7) is 6.62. The summed E-state index contributed by atoms with van der Waals surface area (Å²) in [5.41, 5.74) is 4.40. The van der Waals surface area contributed by atoms with Crippen molar-refractivity contribution >= 4 is 22.8 Å². The van der Waals surface area contributed by atoms with Gasteiger partial charge in [-0.25, -0.2) is 9.78 Å². The maximum atomic E-state index is 12.1. The van der Waals surface area contributed by atoms with E-state index in [9.17, 15) is 4.79 Å². The zero-order valence-corrected chi connectivity index (χ0v) is 15.0. The first-order valence-corrected chi connectivity index (χ1v) is 8.37. The van der Waals surface area contributed by atoms with Crippen LogP contribution >= 0.6 is 0 Å². The number of aryl methyl sites for hydroxylation is 1. The van der Waals surface area contributed by atoms with Gasteiger partial charge in [0.15, 0.2) is 11.5 Å². The van der Waals surface area contributed by atoms with Crippen molar-refractivity contribution in [2.45, 2.75) is 33.1 Å². The zero-order chi connectivity index (χ0) is 18.0. The van der Waals surface area contributed by atoms with Crippen LogP contribution in [0.15, 0.2) is 28.8 Å². The second-order valence-corrected chi connectivity index (χ2v) is 6.40. The molecule has 2 aromatic heterocycles. The van der Waals surface area contributed by atoms with E-state index in [0.29, 0.717) is 18.1 Å². The number of rotatable bonds is 5. The van der Waals surface area contributed by atoms with Gasteiger partial charge in [-0.2, -0.15) is 5.10 Å². The molecule has 0 aliphatic carbocycles. The van der Waals surface area contributed by atoms with Crippen molar-refractivity contribution in [3.05, 3.63) is 41.5 Å². The average molecular weight is 341 g/mol. The molecule has 7 nitrogen and oxygen atoms in total. The van der Waals surface area contributed by atoms with E-state index in [1.807, 2.05) is 56.9 Å². The van der Waals surface area contributed by atoms with E-state index in [4.69, 9.17) is 4.42 Å². The predicted octanol–water partition coefficient (Wildman–Crippen LogP) is 3.36. The fourth-order valence-corrected chi connectivity index (χ4v) is 2.55. The third-order valence-corrected chi connectivity index (χ3v) is 4.17. The number of aromatic nitrogens is 3. The minimum absolute atomic E-state index is 0.225. The van der Waals surface area contributed by atoms with Gasteiger partial charge in [-0.1, -0.05) is 13.8 Å². The molecule has 0 atom stereocenters. The number of benzene rings is 1. The maximum Gasteiger partial charge on any atom is 0.319 e. The Hall–Kier alpha value is -2.83. The average Bonchev–Trinajstić information content (AvgIpc) is 3.13. The van der Waals surface area contributed by atoms with Crippen LogP contribution in [0.5, 0.6) is 0 Å². The van der Waals surface area contributed by atoms with Crippen LogP contribution in [-0.2, 0) is 13.5 Å². The van der Waals surface area contributed by atoms with Crippen molar-refractivity contribution in [2.75, 3.05) is 11.9 Å². The first kappa shape index (κ1) is 17.0. The lowest BCUT2D eigenvalue weighted by atomic mass is 10.2. The second-order valence-electron chi connectivity index (χ2n) is 6.40. The van der Waals surface area contributed by atoms with Gasteiger partial charge in [-0.3, -0.25) is 4.68 Å². The Bertz CT molecular complexity index is 894. The summed E-state index contributed by atoms with van der Waals surface area (Å²) in [5, 5.41) is 9.88. The summed E-state index contributed by atoms with van der Waals surface area (Å²) in [5.74, 6) is 0.923. The molecule has 0 saturated heterocycles. The van der Waals surface area contributed by atoms with Gasteiger partial charge in [0.2, 0.25) is 0 Å². The monoisotopic (exact) mass is 341 g/mol. The van der Waals surface area contributed by atoms with E-state index in [-0.39, 0.29) is 11.9 Å². The number of hydrogen-bond donors (Lipinski definition) is 2. The Morgan fingerprint density at radius 3 is 2.84 bits per heavy atom. The molecule has 132 valence electrons. The number of nitrogens with one attached hydrogen (secondary N) is 2. The SMILES string of the molecule is Cc1c(CCNC(=O)Nc2ccc3oc(C(C)C)nc3c2)cnn1C. The molecule has 0 aliphatic heterocycles. The van der Waals surface area contributed by atoms with Crippen LogP contribution in [0.25, 0.3) is 11.1 Å². The highest BCUT2D eigenvalue weighted by atomic mass is 16.3. The van der Waals surface area contributed by atoms with Crippen LogP contribution in [0.3, 0.4) is 0 Å². The van der Waals surface area contributed by atoms with E-state index in [2.05, 4.69) is 20.7 Å². The first-order chi connectivity index (χ1) is 11.9. The van der Waals surface area contributed by atoms with Gasteiger partial charge in [-0.05, 0) is 37.1 Å². The number of carbonyl (C=O) groups is 1. The first-order valence-electron chi connectivity index (χ1n) is 8.37. The largest absolute Gasteiger partial charge is 0.440 e. The van der Waals surface area contributed by atoms with Crippen molar-refractivity contribution in [3.63, 3.8) is 0 Å². The second kappa shape index (κ2) is 6.96. The molecule has 2 N–H and O–H groups in total. The summed E-state index contributed by atoms with van der Waals surface area (Å²) in [6.07, 6.45) is 2.58. The lowest BCUT2D eigenvalue weighted by Gasteiger charge is -2.07. The molecule has 3 aromatic rings. The van der Waals surface area contributed by atoms with Gasteiger partial charge in [0.05, 0.1) is 6.20 Å². The Morgan fingerprint density at radius 1 is 1.36 bits per heavy atom. The van der Waals surface area contributed by atoms with Gasteiger partial charge in [-0.15, -0.1) is 0 Å². The number of hydrogen-bond acceptors (Lipinski definition) is 4. The summed E-state index contributed by atoms with van der Waals surface area (Å²) in [4.78, 5) is 16.5. The molecular weight excluding hydrogens is 318 g/mol. The predicted molar refractivity (Wildman–Crippen MR) is 96.8 cm³/mol. The van der Waals surface area contributed by atoms with Crippen molar-refractivity contribution in [1.82, 2.24) is 20.1 Å². The fourth-order valence-electron chi connectivity index (χ4n) is 2.55. The van der Waals surface area contributed by atoms with E-state index in [1.165, 1.54) is 0 Å². The summed E-state index contributed by atoms with van der Waals surface area (Å²) >= 11 is 0. The van der Waals surface area contributed by atoms with Crippen molar-refractivity contribution in [3.8, 4) is 0 Å². The fraction of sp³-hybridized carbons (Fsp3) is 0.389. The molecule has 0 saturated carbocycles. The van der Waals surface area contributed by atoms with Crippen LogP contribution in [0.4, 0.5) is 10.5 Å². The highest BCUT2D eigenvalue weighted by molar-refractivity contribution is 5.91. The van der Waals surface area contributed by atoms with E-state index >= 15 is 0 Å². The summed E-state index contributed by atoms with van der Waals surface area (Å²) in [7, 11) is 1.91. The molecule has 1 aromatic carbocycles. The lowest BCUT2D eigenvalue weighted by molar-refractivity contribution is 0.252. The summed E-state index contributed by atoms with van der Waals surface area (Å²) in [6, 6.07) is 5.20. The molecule has 0 spiro atoms. The molecule has 0 radical (unpaired) electrons. The smallest absolute Gasteiger partial charge is 0.319 e. The Kier molecular flexibility index (Phi) is 4.74. The Labute approximate surface area is 146 Å². The molecular formula is C18H23N5O2. The number of anilines is 1. The van der Waals surface area contributed by atoms with Crippen molar-refractivity contribution in [1.29, 1.82) is 0 Å². The quantitative estimate of drug-likeness (QED) is 0.745. The van der Waals surface area contributed by atoms with Gasteiger partial charge in [0, 0.05) is 30.9 Å². The molecule has 25 heavy (non-hydrogen) atoms. The molecule has 0 unspecified atom stereocenters. The lowest BCUT2D eigenvalue weighted by Crippen LogP contribution is -2.30. The number of fused-ring (bicyclic) bond motifs is 1. The summed E-state index contributed by atoms with van der Waals surface area (Å²) < 4.78 is 7.50. The van der Waals surface area contributed by atoms with Crippen molar-refractivity contribution in [2.24, 2.45) is 7.05 Å². The topological polar surface area (TPSA) is 85.0 Å². The molecule has 0 fully saturated rings. The highest BCUT2D eigenvalue weighted by Crippen LogP contribution is 2.23. The number of oxazole rings is 1. The van der Waals surface area contributed by atoms with Gasteiger partial charge < -0.3 is 15.1 Å². The number of nitrogens with zero attached hydrogens (tertiary/aromatic N) is 3. The zero-order valence-electron chi connectivity index (χ0n) is 15.0. The Morgan fingerprint density at radius 2 is 2.16 bits per heavy atom. The molecule has 2 heterocycles. The van der Waals surface area contributed by atoms with Crippen LogP contribution in [0.2, 0.25) is 0 Å². The molecule has 3 rings (SSSR count). The molecule has 7 heteroatoms. The molecule has 0 bridgehead atoms. The minimum atomic E-state index is -0.242. The van der Waals surface area contributed by atoms with Gasteiger partial charge >= 0.3 is 6.03 Å². The van der Waals surface area contributed by atoms with Crippen LogP contribution in [0, 0.1) is 6.92 Å². The minimum Gasteiger partial charge on any atom is -0.440 e. The van der Waals surface area contributed by atoms with E-state index in [1.54, 1.807) is 0 Å². The Balaban J connectivity index is 1.57. The number of urea groups is 1. The third kappa shape index (κ3) is 3.81. The normalized spacial score (nSPS) is 11.2. The van der Waals surface area contributed by atoms with Crippen LogP contribution < -0.4 is 10.6 Å². The van der Waals surface area contributed by atoms with Gasteiger partial charge in [0.25, 0.3) is 0 Å². The van der Waals surface area contributed by atoms with E-state index < -0.39 is 0 Å². The van der Waals surface area contributed by atoms with Gasteiger partial charge in [0.1, 0.15) is 5.52 Å². The van der Waals surface area contributed by atoms with Crippen LogP contribution in [-0.4, -0.2) is 27.3 Å². The maximum absolute atomic E-state index is 12.1. The third-order valence-electron chi connectivity index (χ3n) is 4.17.